The Hall–Kier alpha value is -3.83. The molecule has 200 valence electrons. The van der Waals surface area contributed by atoms with Crippen LogP contribution in [0.25, 0.3) is 10.8 Å². The second kappa shape index (κ2) is 12.6. The highest BCUT2D eigenvalue weighted by Gasteiger charge is 2.22. The zero-order valence-corrected chi connectivity index (χ0v) is 21.2. The summed E-state index contributed by atoms with van der Waals surface area (Å²) in [4.78, 5) is -0.422. The Kier molecular flexibility index (Phi) is 9.03. The van der Waals surface area contributed by atoms with E-state index in [1.807, 2.05) is 24.3 Å². The third-order valence-corrected chi connectivity index (χ3v) is 6.35. The van der Waals surface area contributed by atoms with Gasteiger partial charge in [0.2, 0.25) is 0 Å². The van der Waals surface area contributed by atoms with Gasteiger partial charge in [-0.25, -0.2) is 0 Å². The predicted molar refractivity (Wildman–Crippen MR) is 141 cm³/mol. The number of fused-ring (bicyclic) bond motifs is 1. The fourth-order valence-electron chi connectivity index (χ4n) is 3.62. The number of aliphatic hydroxyl groups excluding tert-OH is 2. The zero-order valence-electron chi connectivity index (χ0n) is 20.3. The van der Waals surface area contributed by atoms with Crippen LogP contribution in [-0.2, 0) is 10.1 Å². The molecular weight excluding hydrogens is 512 g/mol. The summed E-state index contributed by atoms with van der Waals surface area (Å²) in [6, 6.07) is 25.6. The van der Waals surface area contributed by atoms with Crippen molar-refractivity contribution in [1.29, 1.82) is 0 Å². The first-order chi connectivity index (χ1) is 18.3. The molecule has 0 saturated carbocycles. The van der Waals surface area contributed by atoms with Crippen LogP contribution in [0.4, 0.5) is 0 Å². The van der Waals surface area contributed by atoms with Crippen molar-refractivity contribution >= 4 is 20.9 Å². The summed E-state index contributed by atoms with van der Waals surface area (Å²) < 4.78 is 56.5. The lowest BCUT2D eigenvalue weighted by Crippen LogP contribution is -2.25. The largest absolute Gasteiger partial charge is 0.491 e. The van der Waals surface area contributed by atoms with Gasteiger partial charge in [0.15, 0.2) is 0 Å². The molecule has 0 aliphatic carbocycles. The Morgan fingerprint density at radius 3 is 1.63 bits per heavy atom. The lowest BCUT2D eigenvalue weighted by molar-refractivity contribution is 0.0616. The molecule has 0 radical (unpaired) electrons. The van der Waals surface area contributed by atoms with Crippen molar-refractivity contribution in [3.05, 3.63) is 91.0 Å². The van der Waals surface area contributed by atoms with E-state index in [9.17, 15) is 23.2 Å². The molecule has 0 bridgehead atoms. The molecule has 0 fully saturated rings. The first kappa shape index (κ1) is 27.2. The molecule has 0 heterocycles. The monoisotopic (exact) mass is 540 g/mol. The van der Waals surface area contributed by atoms with Gasteiger partial charge in [-0.3, -0.25) is 4.55 Å². The lowest BCUT2D eigenvalue weighted by Gasteiger charge is -2.17. The predicted octanol–water partition coefficient (Wildman–Crippen LogP) is 3.72. The highest BCUT2D eigenvalue weighted by Crippen LogP contribution is 2.34. The summed E-state index contributed by atoms with van der Waals surface area (Å²) in [6.07, 6.45) is -1.94. The van der Waals surface area contributed by atoms with Gasteiger partial charge in [0.25, 0.3) is 10.1 Å². The Labute approximate surface area is 220 Å². The van der Waals surface area contributed by atoms with Crippen LogP contribution in [0.3, 0.4) is 0 Å². The summed E-state index contributed by atoms with van der Waals surface area (Å²) in [7, 11) is -4.67. The first-order valence-electron chi connectivity index (χ1n) is 11.8. The fourth-order valence-corrected chi connectivity index (χ4v) is 4.47. The summed E-state index contributed by atoms with van der Waals surface area (Å²) >= 11 is 0. The van der Waals surface area contributed by atoms with Gasteiger partial charge >= 0.3 is 0 Å². The van der Waals surface area contributed by atoms with Crippen molar-refractivity contribution in [2.24, 2.45) is 0 Å². The van der Waals surface area contributed by atoms with E-state index < -0.39 is 27.2 Å². The van der Waals surface area contributed by atoms with E-state index >= 15 is 0 Å². The molecule has 9 nitrogen and oxygen atoms in total. The second-order valence-electron chi connectivity index (χ2n) is 8.43. The minimum Gasteiger partial charge on any atom is -0.491 e. The highest BCUT2D eigenvalue weighted by atomic mass is 32.2. The van der Waals surface area contributed by atoms with Gasteiger partial charge in [-0.15, -0.1) is 0 Å². The number of rotatable bonds is 13. The summed E-state index contributed by atoms with van der Waals surface area (Å²) in [5.74, 6) is 1.48. The van der Waals surface area contributed by atoms with Crippen LogP contribution >= 0.6 is 0 Å². The van der Waals surface area contributed by atoms with Crippen LogP contribution in [0.15, 0.2) is 95.9 Å². The second-order valence-corrected chi connectivity index (χ2v) is 9.79. The maximum Gasteiger partial charge on any atom is 0.298 e. The van der Waals surface area contributed by atoms with Gasteiger partial charge in [-0.05, 0) is 53.9 Å². The molecule has 0 aliphatic rings. The van der Waals surface area contributed by atoms with Gasteiger partial charge in [-0.2, -0.15) is 8.42 Å². The summed E-state index contributed by atoms with van der Waals surface area (Å²) in [5.41, 5.74) is 0. The molecule has 10 heteroatoms. The maximum absolute atomic E-state index is 12.2. The average molecular weight is 541 g/mol. The Morgan fingerprint density at radius 2 is 1.11 bits per heavy atom. The molecule has 4 aromatic carbocycles. The SMILES string of the molecule is O=S(=O)(O)c1c(OCC(O)COc2ccccc2)ccc2cc(OCC(O)COc3ccccc3)ccc12. The lowest BCUT2D eigenvalue weighted by atomic mass is 10.1. The van der Waals surface area contributed by atoms with E-state index in [2.05, 4.69) is 0 Å². The van der Waals surface area contributed by atoms with E-state index in [1.165, 1.54) is 18.2 Å². The van der Waals surface area contributed by atoms with Crippen LogP contribution < -0.4 is 18.9 Å². The summed E-state index contributed by atoms with van der Waals surface area (Å²) in [6.45, 7) is -0.339. The highest BCUT2D eigenvalue weighted by molar-refractivity contribution is 7.86. The molecule has 3 N–H and O–H groups in total. The molecule has 0 saturated heterocycles. The van der Waals surface area contributed by atoms with E-state index in [0.717, 1.165) is 0 Å². The number of para-hydroxylation sites is 2. The van der Waals surface area contributed by atoms with Crippen molar-refractivity contribution < 1.29 is 42.1 Å². The van der Waals surface area contributed by atoms with Crippen molar-refractivity contribution in [2.45, 2.75) is 17.1 Å². The molecule has 4 rings (SSSR count). The van der Waals surface area contributed by atoms with E-state index in [1.54, 1.807) is 48.5 Å². The zero-order chi connectivity index (χ0) is 27.0. The van der Waals surface area contributed by atoms with E-state index in [4.69, 9.17) is 18.9 Å². The number of hydrogen-bond donors (Lipinski definition) is 3. The number of ether oxygens (including phenoxy) is 4. The number of hydrogen-bond acceptors (Lipinski definition) is 8. The van der Waals surface area contributed by atoms with Gasteiger partial charge < -0.3 is 29.2 Å². The van der Waals surface area contributed by atoms with Crippen molar-refractivity contribution in [3.8, 4) is 23.0 Å². The van der Waals surface area contributed by atoms with Gasteiger partial charge in [0, 0.05) is 5.39 Å². The van der Waals surface area contributed by atoms with Gasteiger partial charge in [0.1, 0.15) is 66.5 Å². The number of benzene rings is 4. The van der Waals surface area contributed by atoms with Crippen LogP contribution in [0.5, 0.6) is 23.0 Å². The van der Waals surface area contributed by atoms with E-state index in [-0.39, 0.29) is 37.6 Å². The Balaban J connectivity index is 1.40. The Bertz CT molecular complexity index is 1430. The van der Waals surface area contributed by atoms with Crippen LogP contribution in [0, 0.1) is 0 Å². The third kappa shape index (κ3) is 7.59. The molecule has 0 spiro atoms. The van der Waals surface area contributed by atoms with Crippen molar-refractivity contribution in [1.82, 2.24) is 0 Å². The smallest absolute Gasteiger partial charge is 0.298 e. The van der Waals surface area contributed by atoms with E-state index in [0.29, 0.717) is 22.6 Å². The summed E-state index contributed by atoms with van der Waals surface area (Å²) in [5, 5.41) is 21.1. The fraction of sp³-hybridized carbons (Fsp3) is 0.214. The molecule has 0 amide bonds. The average Bonchev–Trinajstić information content (AvgIpc) is 2.92. The van der Waals surface area contributed by atoms with Crippen LogP contribution in [-0.4, -0.2) is 61.8 Å². The molecular formula is C28H28O9S. The minimum absolute atomic E-state index is 0.0352. The Morgan fingerprint density at radius 1 is 0.605 bits per heavy atom. The van der Waals surface area contributed by atoms with Crippen LogP contribution in [0.2, 0.25) is 0 Å². The minimum atomic E-state index is -4.67. The van der Waals surface area contributed by atoms with Crippen LogP contribution in [0.1, 0.15) is 0 Å². The van der Waals surface area contributed by atoms with Crippen molar-refractivity contribution in [3.63, 3.8) is 0 Å². The molecule has 0 aromatic heterocycles. The first-order valence-corrected chi connectivity index (χ1v) is 13.3. The van der Waals surface area contributed by atoms with Gasteiger partial charge in [-0.1, -0.05) is 42.5 Å². The molecule has 2 atom stereocenters. The normalized spacial score (nSPS) is 13.0. The molecule has 38 heavy (non-hydrogen) atoms. The van der Waals surface area contributed by atoms with Crippen molar-refractivity contribution in [2.75, 3.05) is 26.4 Å². The molecule has 0 aliphatic heterocycles. The standard InChI is InChI=1S/C28H28O9S/c29-21(16-34-23-7-3-1-4-8-23)18-36-25-12-13-26-20(15-25)11-14-27(28(26)38(31,32)33)37-19-22(30)17-35-24-9-5-2-6-10-24/h1-15,21-22,29-30H,16-19H2,(H,31,32,33). The topological polar surface area (TPSA) is 132 Å². The van der Waals surface area contributed by atoms with Gasteiger partial charge in [0.05, 0.1) is 0 Å². The quantitative estimate of drug-likeness (QED) is 0.217. The maximum atomic E-state index is 12.2. The molecule has 2 unspecified atom stereocenters. The molecule has 4 aromatic rings. The number of aliphatic hydroxyl groups is 2. The third-order valence-electron chi connectivity index (χ3n) is 5.41.